The molecule has 0 unspecified atom stereocenters. The number of fused-ring (bicyclic) bond motifs is 2. The molecule has 0 saturated heterocycles. The zero-order valence-corrected chi connectivity index (χ0v) is 20.6. The van der Waals surface area contributed by atoms with E-state index in [0.717, 1.165) is 43.8 Å². The van der Waals surface area contributed by atoms with Crippen LogP contribution in [0.1, 0.15) is 5.56 Å². The van der Waals surface area contributed by atoms with Crippen LogP contribution in [0.25, 0.3) is 0 Å². The number of aryl methyl sites for hydroxylation is 1. The largest absolute Gasteiger partial charge is 0.465 e. The van der Waals surface area contributed by atoms with Gasteiger partial charge in [-0.15, -0.1) is 0 Å². The standard InChI is InChI=1S/C25H29N5O2S/c1-16-7-8-17(13-22(16)29(6)25(31)32)26-30-20-11-9-18(27(2)3)14-23(20)33-24-15-19(28(4)5)10-12-21(24)30/h7-15,26H,1-6H3,(H,31,32). The molecule has 8 heteroatoms. The highest BCUT2D eigenvalue weighted by molar-refractivity contribution is 7.99. The first-order chi connectivity index (χ1) is 15.7. The fraction of sp³-hybridized carbons (Fsp3) is 0.240. The Labute approximate surface area is 199 Å². The zero-order chi connectivity index (χ0) is 23.9. The summed E-state index contributed by atoms with van der Waals surface area (Å²) in [6.07, 6.45) is -0.993. The normalized spacial score (nSPS) is 12.0. The van der Waals surface area contributed by atoms with E-state index >= 15 is 0 Å². The van der Waals surface area contributed by atoms with Gasteiger partial charge in [-0.1, -0.05) is 17.8 Å². The van der Waals surface area contributed by atoms with Gasteiger partial charge in [0.25, 0.3) is 0 Å². The Morgan fingerprint density at radius 2 is 1.39 bits per heavy atom. The summed E-state index contributed by atoms with van der Waals surface area (Å²) >= 11 is 1.75. The lowest BCUT2D eigenvalue weighted by Crippen LogP contribution is -2.28. The number of hydrazine groups is 1. The summed E-state index contributed by atoms with van der Waals surface area (Å²) < 4.78 is 0. The molecule has 0 spiro atoms. The predicted octanol–water partition coefficient (Wildman–Crippen LogP) is 5.87. The van der Waals surface area contributed by atoms with E-state index in [1.807, 2.05) is 53.3 Å². The number of nitrogens with zero attached hydrogens (tertiary/aromatic N) is 4. The van der Waals surface area contributed by atoms with Gasteiger partial charge in [-0.25, -0.2) is 4.79 Å². The lowest BCUT2D eigenvalue weighted by atomic mass is 10.1. The molecule has 7 nitrogen and oxygen atoms in total. The average molecular weight is 464 g/mol. The summed E-state index contributed by atoms with van der Waals surface area (Å²) in [7, 11) is 9.71. The van der Waals surface area contributed by atoms with Crippen LogP contribution < -0.4 is 25.1 Å². The molecule has 2 N–H and O–H groups in total. The molecule has 0 bridgehead atoms. The zero-order valence-electron chi connectivity index (χ0n) is 19.7. The molecule has 1 aliphatic heterocycles. The third-order valence-electron chi connectivity index (χ3n) is 5.72. The van der Waals surface area contributed by atoms with Gasteiger partial charge in [-0.05, 0) is 61.0 Å². The van der Waals surface area contributed by atoms with Crippen LogP contribution in [0, 0.1) is 6.92 Å². The third kappa shape index (κ3) is 4.39. The SMILES string of the molecule is Cc1ccc(NN2c3ccc(N(C)C)cc3Sc3cc(N(C)C)ccc32)cc1N(C)C(=O)O. The van der Waals surface area contributed by atoms with E-state index in [9.17, 15) is 9.90 Å². The van der Waals surface area contributed by atoms with Crippen LogP contribution in [0.15, 0.2) is 64.4 Å². The van der Waals surface area contributed by atoms with Gasteiger partial charge in [-0.2, -0.15) is 0 Å². The van der Waals surface area contributed by atoms with Gasteiger partial charge in [0.15, 0.2) is 0 Å². The number of rotatable bonds is 5. The van der Waals surface area contributed by atoms with Gasteiger partial charge in [0.1, 0.15) is 0 Å². The van der Waals surface area contributed by atoms with Crippen LogP contribution in [-0.4, -0.2) is 46.4 Å². The van der Waals surface area contributed by atoms with Crippen molar-refractivity contribution in [3.63, 3.8) is 0 Å². The molecule has 0 aliphatic carbocycles. The summed E-state index contributed by atoms with van der Waals surface area (Å²) in [5.74, 6) is 0. The Hall–Kier alpha value is -3.52. The molecule has 0 radical (unpaired) electrons. The van der Waals surface area contributed by atoms with Gasteiger partial charge in [0.2, 0.25) is 0 Å². The number of carboxylic acid groups (broad SMARTS) is 1. The van der Waals surface area contributed by atoms with Crippen LogP contribution in [0.3, 0.4) is 0 Å². The van der Waals surface area contributed by atoms with Crippen molar-refractivity contribution in [1.29, 1.82) is 0 Å². The second kappa shape index (κ2) is 8.78. The number of carbonyl (C=O) groups is 1. The molecule has 3 aromatic rings. The number of anilines is 6. The number of nitrogens with one attached hydrogen (secondary N) is 1. The molecular weight excluding hydrogens is 434 g/mol. The van der Waals surface area contributed by atoms with Crippen LogP contribution in [0.2, 0.25) is 0 Å². The second-order valence-electron chi connectivity index (χ2n) is 8.49. The molecule has 1 heterocycles. The monoisotopic (exact) mass is 463 g/mol. The van der Waals surface area contributed by atoms with Crippen molar-refractivity contribution in [1.82, 2.24) is 0 Å². The van der Waals surface area contributed by atoms with Crippen LogP contribution in [0.5, 0.6) is 0 Å². The lowest BCUT2D eigenvalue weighted by molar-refractivity contribution is 0.203. The van der Waals surface area contributed by atoms with Gasteiger partial charge in [0.05, 0.1) is 22.7 Å². The average Bonchev–Trinajstić information content (AvgIpc) is 2.78. The van der Waals surface area contributed by atoms with E-state index in [1.165, 1.54) is 4.90 Å². The first-order valence-electron chi connectivity index (χ1n) is 10.6. The number of hydrogen-bond donors (Lipinski definition) is 2. The van der Waals surface area contributed by atoms with Gasteiger partial charge < -0.3 is 14.9 Å². The smallest absolute Gasteiger partial charge is 0.411 e. The van der Waals surface area contributed by atoms with Crippen molar-refractivity contribution in [3.8, 4) is 0 Å². The first-order valence-corrected chi connectivity index (χ1v) is 11.4. The molecule has 172 valence electrons. The predicted molar refractivity (Wildman–Crippen MR) is 139 cm³/mol. The maximum Gasteiger partial charge on any atom is 0.411 e. The third-order valence-corrected chi connectivity index (χ3v) is 6.81. The molecule has 0 aromatic heterocycles. The Kier molecular flexibility index (Phi) is 6.03. The summed E-state index contributed by atoms with van der Waals surface area (Å²) in [4.78, 5) is 19.3. The van der Waals surface area contributed by atoms with E-state index in [-0.39, 0.29) is 0 Å². The summed E-state index contributed by atoms with van der Waals surface area (Å²) in [6, 6.07) is 18.6. The van der Waals surface area contributed by atoms with E-state index in [4.69, 9.17) is 0 Å². The molecule has 0 atom stereocenters. The van der Waals surface area contributed by atoms with Gasteiger partial charge in [0, 0.05) is 56.4 Å². The highest BCUT2D eigenvalue weighted by atomic mass is 32.2. The molecule has 0 saturated carbocycles. The van der Waals surface area contributed by atoms with E-state index in [2.05, 4.69) is 56.6 Å². The van der Waals surface area contributed by atoms with Crippen molar-refractivity contribution in [2.24, 2.45) is 0 Å². The highest BCUT2D eigenvalue weighted by Crippen LogP contribution is 2.50. The van der Waals surface area contributed by atoms with E-state index in [0.29, 0.717) is 5.69 Å². The summed E-state index contributed by atoms with van der Waals surface area (Å²) in [5, 5.41) is 11.5. The quantitative estimate of drug-likeness (QED) is 0.490. The highest BCUT2D eigenvalue weighted by Gasteiger charge is 2.25. The van der Waals surface area contributed by atoms with Crippen LogP contribution in [0.4, 0.5) is 38.9 Å². The molecule has 33 heavy (non-hydrogen) atoms. The van der Waals surface area contributed by atoms with Crippen molar-refractivity contribution < 1.29 is 9.90 Å². The van der Waals surface area contributed by atoms with Gasteiger partial charge >= 0.3 is 6.09 Å². The maximum absolute atomic E-state index is 11.5. The number of amides is 1. The van der Waals surface area contributed by atoms with Gasteiger partial charge in [-0.3, -0.25) is 15.3 Å². The van der Waals surface area contributed by atoms with Crippen molar-refractivity contribution in [2.45, 2.75) is 16.7 Å². The van der Waals surface area contributed by atoms with Crippen molar-refractivity contribution >= 4 is 52.0 Å². The number of benzene rings is 3. The Balaban J connectivity index is 1.80. The summed E-state index contributed by atoms with van der Waals surface area (Å²) in [6.45, 7) is 1.91. The Morgan fingerprint density at radius 1 is 0.848 bits per heavy atom. The fourth-order valence-electron chi connectivity index (χ4n) is 3.74. The van der Waals surface area contributed by atoms with Crippen molar-refractivity contribution in [3.05, 3.63) is 60.2 Å². The molecule has 0 fully saturated rings. The first kappa shape index (κ1) is 22.7. The van der Waals surface area contributed by atoms with Crippen LogP contribution >= 0.6 is 11.8 Å². The Morgan fingerprint density at radius 3 is 1.88 bits per heavy atom. The molecule has 1 aliphatic rings. The Bertz CT molecular complexity index is 1150. The topological polar surface area (TPSA) is 62.3 Å². The fourth-order valence-corrected chi connectivity index (χ4v) is 4.86. The minimum Gasteiger partial charge on any atom is -0.465 e. The minimum atomic E-state index is -0.993. The van der Waals surface area contributed by atoms with Crippen LogP contribution in [-0.2, 0) is 0 Å². The summed E-state index contributed by atoms with van der Waals surface area (Å²) in [5.41, 5.74) is 10.2. The van der Waals surface area contributed by atoms with E-state index in [1.54, 1.807) is 18.8 Å². The number of hydrogen-bond acceptors (Lipinski definition) is 6. The molecule has 4 rings (SSSR count). The maximum atomic E-state index is 11.5. The minimum absolute atomic E-state index is 0.644. The molecule has 1 amide bonds. The van der Waals surface area contributed by atoms with E-state index < -0.39 is 6.09 Å². The van der Waals surface area contributed by atoms with Crippen molar-refractivity contribution in [2.75, 3.05) is 60.4 Å². The molecule has 3 aromatic carbocycles. The molecular formula is C25H29N5O2S. The lowest BCUT2D eigenvalue weighted by Gasteiger charge is -2.35. The second-order valence-corrected chi connectivity index (χ2v) is 9.57.